The Morgan fingerprint density at radius 3 is 2.24 bits per heavy atom. The van der Waals surface area contributed by atoms with Crippen molar-refractivity contribution in [3.8, 4) is 0 Å². The van der Waals surface area contributed by atoms with E-state index in [0.717, 1.165) is 49.9 Å². The number of hydrogen-bond donors (Lipinski definition) is 2. The third-order valence-corrected chi connectivity index (χ3v) is 14.1. The molecular weight excluding hydrogens is 586 g/mol. The van der Waals surface area contributed by atoms with E-state index in [2.05, 4.69) is 33.0 Å². The predicted octanol–water partition coefficient (Wildman–Crippen LogP) is 8.51. The third-order valence-electron chi connectivity index (χ3n) is 13.4. The maximum atomic E-state index is 12.7. The topological polar surface area (TPSA) is 110 Å². The summed E-state index contributed by atoms with van der Waals surface area (Å²) in [6, 6.07) is 0. The van der Waals surface area contributed by atoms with Gasteiger partial charge in [-0.25, -0.2) is 0 Å². The Labute approximate surface area is 274 Å². The highest BCUT2D eigenvalue weighted by Crippen LogP contribution is 2.68. The molecule has 7 nitrogen and oxygen atoms in total. The largest absolute Gasteiger partial charge is 0.462 e. The lowest BCUT2D eigenvalue weighted by Crippen LogP contribution is -2.54. The van der Waals surface area contributed by atoms with E-state index in [-0.39, 0.29) is 24.5 Å². The molecule has 0 spiro atoms. The van der Waals surface area contributed by atoms with Crippen LogP contribution >= 0.6 is 0 Å². The van der Waals surface area contributed by atoms with Crippen LogP contribution in [0.15, 0.2) is 0 Å². The van der Waals surface area contributed by atoms with E-state index in [1.54, 1.807) is 0 Å². The van der Waals surface area contributed by atoms with E-state index in [4.69, 9.17) is 9.29 Å². The molecule has 0 radical (unpaired) electrons. The first-order valence-corrected chi connectivity index (χ1v) is 20.4. The van der Waals surface area contributed by atoms with E-state index in [0.29, 0.717) is 41.4 Å². The first-order chi connectivity index (χ1) is 21.4. The van der Waals surface area contributed by atoms with Gasteiger partial charge in [-0.1, -0.05) is 72.6 Å². The predicted molar refractivity (Wildman–Crippen MR) is 180 cm³/mol. The van der Waals surface area contributed by atoms with Crippen molar-refractivity contribution in [2.24, 2.45) is 46.3 Å². The second kappa shape index (κ2) is 16.3. The van der Waals surface area contributed by atoms with Gasteiger partial charge in [0.15, 0.2) is 0 Å². The number of amides is 1. The fourth-order valence-electron chi connectivity index (χ4n) is 10.9. The van der Waals surface area contributed by atoms with Crippen LogP contribution in [0.2, 0.25) is 0 Å². The Bertz CT molecular complexity index is 1080. The number of unbranched alkanes of at least 4 members (excludes halogenated alkanes) is 7. The summed E-state index contributed by atoms with van der Waals surface area (Å²) in [4.78, 5) is 25.0. The maximum absolute atomic E-state index is 12.7. The molecule has 4 aliphatic rings. The standard InChI is InChI=1S/C37H65NO6S/c1-5-6-7-8-9-10-11-12-13-35(40)44-29-20-22-36(3)28(26-29)15-16-30-32-18-17-31(37(32,4)23-21-33(30)36)27(2)14-19-34(39)38-24-25-45(41,42)43/h27-33H,5-26H2,1-4H3,(H,38,39)(H,41,42,43). The molecule has 0 aromatic rings. The fourth-order valence-corrected chi connectivity index (χ4v) is 11.3. The molecule has 260 valence electrons. The second-order valence-electron chi connectivity index (χ2n) is 16.1. The zero-order valence-corrected chi connectivity index (χ0v) is 29.8. The Hall–Kier alpha value is -1.15. The van der Waals surface area contributed by atoms with Crippen LogP contribution in [0, 0.1) is 46.3 Å². The first kappa shape index (κ1) is 36.7. The fraction of sp³-hybridized carbons (Fsp3) is 0.946. The molecule has 9 atom stereocenters. The molecule has 45 heavy (non-hydrogen) atoms. The number of ether oxygens (including phenoxy) is 1. The molecule has 0 aliphatic heterocycles. The zero-order chi connectivity index (χ0) is 32.7. The Morgan fingerprint density at radius 1 is 0.867 bits per heavy atom. The Balaban J connectivity index is 1.22. The number of carbonyl (C=O) groups is 2. The van der Waals surface area contributed by atoms with Crippen LogP contribution in [0.5, 0.6) is 0 Å². The zero-order valence-electron chi connectivity index (χ0n) is 29.0. The summed E-state index contributed by atoms with van der Waals surface area (Å²) in [5.41, 5.74) is 0.683. The van der Waals surface area contributed by atoms with Gasteiger partial charge >= 0.3 is 5.97 Å². The molecule has 4 rings (SSSR count). The number of esters is 1. The monoisotopic (exact) mass is 651 g/mol. The van der Waals surface area contributed by atoms with E-state index >= 15 is 0 Å². The molecule has 4 saturated carbocycles. The van der Waals surface area contributed by atoms with Gasteiger partial charge in [-0.15, -0.1) is 0 Å². The molecule has 1 amide bonds. The minimum Gasteiger partial charge on any atom is -0.462 e. The summed E-state index contributed by atoms with van der Waals surface area (Å²) in [6.07, 6.45) is 22.8. The molecule has 2 N–H and O–H groups in total. The molecule has 0 bridgehead atoms. The third kappa shape index (κ3) is 9.48. The van der Waals surface area contributed by atoms with Gasteiger partial charge in [-0.2, -0.15) is 8.42 Å². The molecule has 0 aromatic carbocycles. The van der Waals surface area contributed by atoms with Gasteiger partial charge in [0.25, 0.3) is 10.1 Å². The number of hydrogen-bond acceptors (Lipinski definition) is 5. The van der Waals surface area contributed by atoms with Crippen LogP contribution in [0.4, 0.5) is 0 Å². The van der Waals surface area contributed by atoms with Crippen molar-refractivity contribution in [2.45, 2.75) is 162 Å². The molecule has 0 heterocycles. The smallest absolute Gasteiger partial charge is 0.306 e. The molecule has 9 unspecified atom stereocenters. The molecule has 0 saturated heterocycles. The van der Waals surface area contributed by atoms with E-state index < -0.39 is 15.9 Å². The van der Waals surface area contributed by atoms with Crippen molar-refractivity contribution >= 4 is 22.0 Å². The van der Waals surface area contributed by atoms with Crippen LogP contribution < -0.4 is 5.32 Å². The maximum Gasteiger partial charge on any atom is 0.306 e. The molecule has 8 heteroatoms. The summed E-state index contributed by atoms with van der Waals surface area (Å²) in [5, 5.41) is 2.65. The van der Waals surface area contributed by atoms with Crippen LogP contribution in [-0.2, 0) is 24.4 Å². The summed E-state index contributed by atoms with van der Waals surface area (Å²) in [5.74, 6) is 3.50. The minimum atomic E-state index is -4.06. The summed E-state index contributed by atoms with van der Waals surface area (Å²) < 4.78 is 36.8. The lowest BCUT2D eigenvalue weighted by molar-refractivity contribution is -0.162. The van der Waals surface area contributed by atoms with Gasteiger partial charge in [0.2, 0.25) is 5.91 Å². The van der Waals surface area contributed by atoms with Gasteiger partial charge in [-0.3, -0.25) is 14.1 Å². The van der Waals surface area contributed by atoms with Crippen molar-refractivity contribution in [3.05, 3.63) is 0 Å². The minimum absolute atomic E-state index is 0.0263. The van der Waals surface area contributed by atoms with Crippen LogP contribution in [0.1, 0.15) is 156 Å². The van der Waals surface area contributed by atoms with E-state index in [1.165, 1.54) is 83.5 Å². The lowest BCUT2D eigenvalue weighted by atomic mass is 9.44. The number of rotatable bonds is 17. The average molecular weight is 652 g/mol. The van der Waals surface area contributed by atoms with Crippen LogP contribution in [-0.4, -0.2) is 43.2 Å². The second-order valence-corrected chi connectivity index (χ2v) is 17.7. The Kier molecular flexibility index (Phi) is 13.3. The van der Waals surface area contributed by atoms with Crippen LogP contribution in [0.25, 0.3) is 0 Å². The van der Waals surface area contributed by atoms with Crippen molar-refractivity contribution < 1.29 is 27.3 Å². The summed E-state index contributed by atoms with van der Waals surface area (Å²) in [7, 11) is -4.06. The lowest BCUT2D eigenvalue weighted by Gasteiger charge is -2.61. The highest BCUT2D eigenvalue weighted by Gasteiger charge is 2.60. The summed E-state index contributed by atoms with van der Waals surface area (Å²) >= 11 is 0. The van der Waals surface area contributed by atoms with Gasteiger partial charge in [0.1, 0.15) is 6.10 Å². The molecule has 4 fully saturated rings. The molecule has 0 aromatic heterocycles. The first-order valence-electron chi connectivity index (χ1n) is 18.8. The summed E-state index contributed by atoms with van der Waals surface area (Å²) in [6.45, 7) is 9.64. The molecule has 4 aliphatic carbocycles. The van der Waals surface area contributed by atoms with E-state index in [1.807, 2.05) is 0 Å². The normalized spacial score (nSPS) is 35.1. The number of carbonyl (C=O) groups excluding carboxylic acids is 2. The van der Waals surface area contributed by atoms with Crippen molar-refractivity contribution in [3.63, 3.8) is 0 Å². The number of fused-ring (bicyclic) bond motifs is 5. The number of nitrogens with one attached hydrogen (secondary N) is 1. The SMILES string of the molecule is CCCCCCCCCCC(=O)OC1CCC2(C)C(CCC3C2CCC2(C)C(C(C)CCC(=O)NCCS(=O)(=O)O)CCC32)C1. The van der Waals surface area contributed by atoms with Gasteiger partial charge in [0.05, 0.1) is 5.75 Å². The van der Waals surface area contributed by atoms with Gasteiger partial charge in [0, 0.05) is 19.4 Å². The Morgan fingerprint density at radius 2 is 1.53 bits per heavy atom. The highest BCUT2D eigenvalue weighted by atomic mass is 32.2. The van der Waals surface area contributed by atoms with Crippen molar-refractivity contribution in [1.82, 2.24) is 5.32 Å². The van der Waals surface area contributed by atoms with Crippen molar-refractivity contribution in [2.75, 3.05) is 12.3 Å². The quantitative estimate of drug-likeness (QED) is 0.0927. The van der Waals surface area contributed by atoms with Gasteiger partial charge < -0.3 is 10.1 Å². The molecular formula is C37H65NO6S. The van der Waals surface area contributed by atoms with E-state index in [9.17, 15) is 18.0 Å². The van der Waals surface area contributed by atoms with Crippen LogP contribution in [0.3, 0.4) is 0 Å². The van der Waals surface area contributed by atoms with Crippen molar-refractivity contribution in [1.29, 1.82) is 0 Å². The average Bonchev–Trinajstić information content (AvgIpc) is 3.34. The highest BCUT2D eigenvalue weighted by molar-refractivity contribution is 7.85. The van der Waals surface area contributed by atoms with Gasteiger partial charge in [-0.05, 0) is 117 Å².